The van der Waals surface area contributed by atoms with E-state index < -0.39 is 0 Å². The number of carbonyl (C=O) groups excluding carboxylic acids is 2. The van der Waals surface area contributed by atoms with Crippen molar-refractivity contribution in [1.82, 2.24) is 24.9 Å². The van der Waals surface area contributed by atoms with Crippen LogP contribution in [0.25, 0.3) is 0 Å². The molecule has 2 aliphatic rings. The van der Waals surface area contributed by atoms with Crippen molar-refractivity contribution < 1.29 is 9.59 Å². The van der Waals surface area contributed by atoms with Gasteiger partial charge < -0.3 is 15.1 Å². The highest BCUT2D eigenvalue weighted by Crippen LogP contribution is 2.19. The zero-order valence-electron chi connectivity index (χ0n) is 15.5. The largest absolute Gasteiger partial charge is 0.341 e. The van der Waals surface area contributed by atoms with Gasteiger partial charge in [0.1, 0.15) is 0 Å². The number of nitrogens with one attached hydrogen (secondary N) is 1. The Labute approximate surface area is 149 Å². The normalized spacial score (nSPS) is 21.7. The van der Waals surface area contributed by atoms with Gasteiger partial charge in [0, 0.05) is 51.4 Å². The summed E-state index contributed by atoms with van der Waals surface area (Å²) in [5.41, 5.74) is 3.32. The van der Waals surface area contributed by atoms with Gasteiger partial charge in [-0.25, -0.2) is 0 Å². The fourth-order valence-electron chi connectivity index (χ4n) is 4.01. The second kappa shape index (κ2) is 7.56. The van der Waals surface area contributed by atoms with Crippen LogP contribution in [0.15, 0.2) is 0 Å². The molecule has 0 saturated carbocycles. The Hall–Kier alpha value is -1.89. The van der Waals surface area contributed by atoms with Crippen molar-refractivity contribution in [3.05, 3.63) is 17.0 Å². The Morgan fingerprint density at radius 1 is 1.32 bits per heavy atom. The number of nitrogens with zero attached hydrogens (tertiary/aromatic N) is 4. The number of hydrogen-bond acceptors (Lipinski definition) is 4. The van der Waals surface area contributed by atoms with Crippen molar-refractivity contribution in [2.75, 3.05) is 32.7 Å². The summed E-state index contributed by atoms with van der Waals surface area (Å²) in [6, 6.07) is 0.175. The predicted molar refractivity (Wildman–Crippen MR) is 95.2 cm³/mol. The van der Waals surface area contributed by atoms with Crippen LogP contribution in [-0.2, 0) is 23.1 Å². The molecule has 0 aromatic carbocycles. The molecule has 1 N–H and O–H groups in total. The zero-order chi connectivity index (χ0) is 18.0. The molecule has 2 amide bonds. The molecule has 25 heavy (non-hydrogen) atoms. The highest BCUT2D eigenvalue weighted by atomic mass is 16.2. The summed E-state index contributed by atoms with van der Waals surface area (Å²) < 4.78 is 1.88. The van der Waals surface area contributed by atoms with E-state index in [2.05, 4.69) is 10.4 Å². The molecule has 2 saturated heterocycles. The Morgan fingerprint density at radius 3 is 2.80 bits per heavy atom. The molecule has 1 aromatic heterocycles. The first-order chi connectivity index (χ1) is 12.0. The lowest BCUT2D eigenvalue weighted by molar-refractivity contribution is -0.140. The van der Waals surface area contributed by atoms with E-state index in [9.17, 15) is 9.59 Å². The van der Waals surface area contributed by atoms with E-state index in [0.29, 0.717) is 19.5 Å². The second-order valence-corrected chi connectivity index (χ2v) is 7.17. The third kappa shape index (κ3) is 3.86. The van der Waals surface area contributed by atoms with E-state index >= 15 is 0 Å². The van der Waals surface area contributed by atoms with Crippen molar-refractivity contribution in [1.29, 1.82) is 0 Å². The zero-order valence-corrected chi connectivity index (χ0v) is 15.5. The summed E-state index contributed by atoms with van der Waals surface area (Å²) in [5.74, 6) is 0.349. The maximum Gasteiger partial charge on any atom is 0.236 e. The van der Waals surface area contributed by atoms with Crippen molar-refractivity contribution >= 4 is 11.8 Å². The number of amides is 2. The fourth-order valence-corrected chi connectivity index (χ4v) is 4.01. The molecule has 1 aromatic rings. The lowest BCUT2D eigenvalue weighted by Crippen LogP contribution is -2.57. The van der Waals surface area contributed by atoms with Gasteiger partial charge in [-0.1, -0.05) is 0 Å². The standard InChI is InChI=1S/C18H29N5O2/c1-13-16(14(2)21(3)20-13)6-7-17(24)22-9-4-5-15(12-22)23-10-8-19-11-18(23)25/h15,19H,4-12H2,1-3H3. The minimum absolute atomic E-state index is 0.159. The third-order valence-electron chi connectivity index (χ3n) is 5.56. The number of aryl methyl sites for hydroxylation is 2. The van der Waals surface area contributed by atoms with E-state index in [1.165, 1.54) is 5.56 Å². The van der Waals surface area contributed by atoms with Crippen LogP contribution >= 0.6 is 0 Å². The number of hydrogen-bond donors (Lipinski definition) is 1. The molecule has 0 spiro atoms. The van der Waals surface area contributed by atoms with Crippen molar-refractivity contribution in [2.24, 2.45) is 7.05 Å². The summed E-state index contributed by atoms with van der Waals surface area (Å²) in [5, 5.41) is 7.53. The summed E-state index contributed by atoms with van der Waals surface area (Å²) in [6.07, 6.45) is 3.21. The first-order valence-corrected chi connectivity index (χ1v) is 9.24. The average Bonchev–Trinajstić information content (AvgIpc) is 2.85. The minimum Gasteiger partial charge on any atom is -0.341 e. The van der Waals surface area contributed by atoms with Crippen LogP contribution in [0.5, 0.6) is 0 Å². The molecule has 7 nitrogen and oxygen atoms in total. The lowest BCUT2D eigenvalue weighted by atomic mass is 10.0. The van der Waals surface area contributed by atoms with Gasteiger partial charge in [0.05, 0.1) is 12.2 Å². The third-order valence-corrected chi connectivity index (χ3v) is 5.56. The van der Waals surface area contributed by atoms with E-state index in [1.807, 2.05) is 35.4 Å². The number of piperidine rings is 1. The number of rotatable bonds is 4. The maximum atomic E-state index is 12.7. The Balaban J connectivity index is 1.57. The minimum atomic E-state index is 0.159. The monoisotopic (exact) mass is 347 g/mol. The van der Waals surface area contributed by atoms with Crippen LogP contribution in [0, 0.1) is 13.8 Å². The Kier molecular flexibility index (Phi) is 5.42. The molecule has 2 aliphatic heterocycles. The quantitative estimate of drug-likeness (QED) is 0.856. The van der Waals surface area contributed by atoms with Crippen molar-refractivity contribution in [2.45, 2.75) is 45.6 Å². The van der Waals surface area contributed by atoms with Crippen molar-refractivity contribution in [3.8, 4) is 0 Å². The Bertz CT molecular complexity index is 654. The first kappa shape index (κ1) is 17.9. The Morgan fingerprint density at radius 2 is 2.12 bits per heavy atom. The van der Waals surface area contributed by atoms with Crippen molar-refractivity contribution in [3.63, 3.8) is 0 Å². The van der Waals surface area contributed by atoms with Gasteiger partial charge in [0.15, 0.2) is 0 Å². The molecule has 7 heteroatoms. The molecule has 138 valence electrons. The summed E-state index contributed by atoms with van der Waals surface area (Å²) in [7, 11) is 1.94. The van der Waals surface area contributed by atoms with Crippen LogP contribution in [0.1, 0.15) is 36.2 Å². The van der Waals surface area contributed by atoms with Gasteiger partial charge in [0.25, 0.3) is 0 Å². The summed E-state index contributed by atoms with van der Waals surface area (Å²) in [4.78, 5) is 28.7. The van der Waals surface area contributed by atoms with Gasteiger partial charge in [0.2, 0.25) is 11.8 Å². The van der Waals surface area contributed by atoms with Gasteiger partial charge in [-0.05, 0) is 38.7 Å². The highest BCUT2D eigenvalue weighted by molar-refractivity contribution is 5.80. The highest BCUT2D eigenvalue weighted by Gasteiger charge is 2.31. The molecule has 2 fully saturated rings. The number of aromatic nitrogens is 2. The van der Waals surface area contributed by atoms with Crippen LogP contribution < -0.4 is 5.32 Å². The molecule has 3 heterocycles. The molecule has 0 aliphatic carbocycles. The molecular formula is C18H29N5O2. The SMILES string of the molecule is Cc1nn(C)c(C)c1CCC(=O)N1CCCC(N2CCNCC2=O)C1. The molecule has 3 rings (SSSR count). The smallest absolute Gasteiger partial charge is 0.236 e. The average molecular weight is 347 g/mol. The molecule has 0 radical (unpaired) electrons. The maximum absolute atomic E-state index is 12.7. The van der Waals surface area contributed by atoms with E-state index in [1.54, 1.807) is 0 Å². The predicted octanol–water partition coefficient (Wildman–Crippen LogP) is 0.392. The molecule has 1 atom stereocenters. The van der Waals surface area contributed by atoms with Gasteiger partial charge >= 0.3 is 0 Å². The van der Waals surface area contributed by atoms with Crippen LogP contribution in [-0.4, -0.2) is 70.2 Å². The van der Waals surface area contributed by atoms with E-state index in [4.69, 9.17) is 0 Å². The number of likely N-dealkylation sites (tertiary alicyclic amines) is 1. The molecule has 1 unspecified atom stereocenters. The fraction of sp³-hybridized carbons (Fsp3) is 0.722. The number of piperazine rings is 1. The van der Waals surface area contributed by atoms with E-state index in [0.717, 1.165) is 50.3 Å². The second-order valence-electron chi connectivity index (χ2n) is 7.17. The van der Waals surface area contributed by atoms with Gasteiger partial charge in [-0.15, -0.1) is 0 Å². The number of carbonyl (C=O) groups is 2. The van der Waals surface area contributed by atoms with Crippen LogP contribution in [0.2, 0.25) is 0 Å². The van der Waals surface area contributed by atoms with Gasteiger partial charge in [-0.2, -0.15) is 5.10 Å². The first-order valence-electron chi connectivity index (χ1n) is 9.24. The summed E-state index contributed by atoms with van der Waals surface area (Å²) in [6.45, 7) is 7.54. The summed E-state index contributed by atoms with van der Waals surface area (Å²) >= 11 is 0. The van der Waals surface area contributed by atoms with Crippen LogP contribution in [0.3, 0.4) is 0 Å². The van der Waals surface area contributed by atoms with Gasteiger partial charge in [-0.3, -0.25) is 14.3 Å². The topological polar surface area (TPSA) is 70.5 Å². The van der Waals surface area contributed by atoms with E-state index in [-0.39, 0.29) is 17.9 Å². The lowest BCUT2D eigenvalue weighted by Gasteiger charge is -2.41. The molecular weight excluding hydrogens is 318 g/mol. The molecule has 0 bridgehead atoms. The van der Waals surface area contributed by atoms with Crippen LogP contribution in [0.4, 0.5) is 0 Å².